The van der Waals surface area contributed by atoms with E-state index in [0.717, 1.165) is 11.3 Å². The van der Waals surface area contributed by atoms with Crippen molar-refractivity contribution in [2.24, 2.45) is 5.10 Å². The maximum atomic E-state index is 6.06. The monoisotopic (exact) mass is 338 g/mol. The van der Waals surface area contributed by atoms with Crippen molar-refractivity contribution >= 4 is 51.9 Å². The zero-order valence-electron chi connectivity index (χ0n) is 11.1. The first-order chi connectivity index (χ1) is 10.1. The van der Waals surface area contributed by atoms with Crippen molar-refractivity contribution in [2.75, 3.05) is 5.32 Å². The molecule has 0 unspecified atom stereocenters. The van der Waals surface area contributed by atoms with E-state index in [1.165, 1.54) is 0 Å². The van der Waals surface area contributed by atoms with Crippen LogP contribution < -0.4 is 10.7 Å². The van der Waals surface area contributed by atoms with Crippen LogP contribution in [0.3, 0.4) is 0 Å². The highest BCUT2D eigenvalue weighted by Crippen LogP contribution is 2.25. The molecule has 1 aromatic heterocycles. The molecule has 0 aliphatic carbocycles. The van der Waals surface area contributed by atoms with Gasteiger partial charge in [-0.15, -0.1) is 0 Å². The number of aromatic nitrogens is 1. The van der Waals surface area contributed by atoms with Crippen molar-refractivity contribution < 1.29 is 0 Å². The van der Waals surface area contributed by atoms with Crippen molar-refractivity contribution in [3.63, 3.8) is 0 Å². The van der Waals surface area contributed by atoms with Gasteiger partial charge in [-0.1, -0.05) is 23.2 Å². The summed E-state index contributed by atoms with van der Waals surface area (Å²) in [6, 6.07) is 8.85. The van der Waals surface area contributed by atoms with Gasteiger partial charge in [-0.05, 0) is 49.5 Å². The molecule has 0 saturated carbocycles. The summed E-state index contributed by atoms with van der Waals surface area (Å²) < 4.78 is 0. The zero-order valence-corrected chi connectivity index (χ0v) is 13.4. The summed E-state index contributed by atoms with van der Waals surface area (Å²) in [7, 11) is 0. The van der Waals surface area contributed by atoms with Crippen LogP contribution in [-0.4, -0.2) is 15.8 Å². The summed E-state index contributed by atoms with van der Waals surface area (Å²) in [5.41, 5.74) is 5.19. The van der Waals surface area contributed by atoms with Crippen LogP contribution in [0, 0.1) is 0 Å². The van der Waals surface area contributed by atoms with Crippen LogP contribution in [0.5, 0.6) is 0 Å². The first kappa shape index (κ1) is 15.7. The highest BCUT2D eigenvalue weighted by molar-refractivity contribution is 7.80. The van der Waals surface area contributed by atoms with Crippen molar-refractivity contribution in [2.45, 2.75) is 6.92 Å². The van der Waals surface area contributed by atoms with Gasteiger partial charge in [-0.3, -0.25) is 10.4 Å². The summed E-state index contributed by atoms with van der Waals surface area (Å²) in [4.78, 5) is 3.96. The SMILES string of the molecule is C/C(=N/NC(=S)Nc1ccc(Cl)cc1Cl)c1ccncc1. The van der Waals surface area contributed by atoms with Crippen LogP contribution in [0.25, 0.3) is 0 Å². The quantitative estimate of drug-likeness (QED) is 0.502. The van der Waals surface area contributed by atoms with Gasteiger partial charge in [-0.2, -0.15) is 5.10 Å². The molecule has 0 bridgehead atoms. The minimum atomic E-state index is 0.340. The summed E-state index contributed by atoms with van der Waals surface area (Å²) in [6.07, 6.45) is 3.41. The largest absolute Gasteiger partial charge is 0.330 e. The van der Waals surface area contributed by atoms with Gasteiger partial charge in [0.05, 0.1) is 16.4 Å². The maximum Gasteiger partial charge on any atom is 0.191 e. The smallest absolute Gasteiger partial charge is 0.191 e. The summed E-state index contributed by atoms with van der Waals surface area (Å²) in [5.74, 6) is 0. The fraction of sp³-hybridized carbons (Fsp3) is 0.0714. The van der Waals surface area contributed by atoms with Crippen LogP contribution >= 0.6 is 35.4 Å². The number of benzene rings is 1. The van der Waals surface area contributed by atoms with Gasteiger partial charge in [0.2, 0.25) is 0 Å². The molecule has 0 radical (unpaired) electrons. The van der Waals surface area contributed by atoms with Crippen LogP contribution in [0.15, 0.2) is 47.8 Å². The number of hydrogen-bond acceptors (Lipinski definition) is 3. The van der Waals surface area contributed by atoms with Crippen molar-refractivity contribution in [3.8, 4) is 0 Å². The lowest BCUT2D eigenvalue weighted by molar-refractivity contribution is 1.04. The predicted octanol–water partition coefficient (Wildman–Crippen LogP) is 4.10. The van der Waals surface area contributed by atoms with Gasteiger partial charge >= 0.3 is 0 Å². The van der Waals surface area contributed by atoms with E-state index in [4.69, 9.17) is 35.4 Å². The number of hydrogen-bond donors (Lipinski definition) is 2. The van der Waals surface area contributed by atoms with Crippen LogP contribution in [-0.2, 0) is 0 Å². The predicted molar refractivity (Wildman–Crippen MR) is 92.3 cm³/mol. The molecule has 0 aliphatic rings. The molecule has 108 valence electrons. The van der Waals surface area contributed by atoms with Crippen LogP contribution in [0.1, 0.15) is 12.5 Å². The first-order valence-corrected chi connectivity index (χ1v) is 7.19. The highest BCUT2D eigenvalue weighted by atomic mass is 35.5. The topological polar surface area (TPSA) is 49.3 Å². The molecule has 4 nitrogen and oxygen atoms in total. The Morgan fingerprint density at radius 1 is 1.19 bits per heavy atom. The molecule has 7 heteroatoms. The molecule has 1 heterocycles. The molecule has 21 heavy (non-hydrogen) atoms. The number of nitrogens with one attached hydrogen (secondary N) is 2. The average Bonchev–Trinajstić information content (AvgIpc) is 2.48. The number of anilines is 1. The Balaban J connectivity index is 1.99. The molecule has 1 aromatic carbocycles. The summed E-state index contributed by atoms with van der Waals surface area (Å²) in [6.45, 7) is 1.88. The van der Waals surface area contributed by atoms with Crippen molar-refractivity contribution in [3.05, 3.63) is 58.3 Å². The third-order valence-electron chi connectivity index (χ3n) is 2.60. The van der Waals surface area contributed by atoms with Gasteiger partial charge in [0, 0.05) is 23.0 Å². The lowest BCUT2D eigenvalue weighted by Crippen LogP contribution is -2.25. The average molecular weight is 339 g/mol. The van der Waals surface area contributed by atoms with E-state index in [9.17, 15) is 0 Å². The van der Waals surface area contributed by atoms with Gasteiger partial charge in [-0.25, -0.2) is 0 Å². The minimum Gasteiger partial charge on any atom is -0.330 e. The third kappa shape index (κ3) is 4.67. The molecule has 0 atom stereocenters. The van der Waals surface area contributed by atoms with E-state index in [1.807, 2.05) is 19.1 Å². The van der Waals surface area contributed by atoms with Crippen LogP contribution in [0.4, 0.5) is 5.69 Å². The third-order valence-corrected chi connectivity index (χ3v) is 3.34. The normalized spacial score (nSPS) is 11.1. The number of thiocarbonyl (C=S) groups is 1. The number of nitrogens with zero attached hydrogens (tertiary/aromatic N) is 2. The van der Waals surface area contributed by atoms with E-state index < -0.39 is 0 Å². The molecule has 0 amide bonds. The van der Waals surface area contributed by atoms with Gasteiger partial charge in [0.25, 0.3) is 0 Å². The van der Waals surface area contributed by atoms with E-state index >= 15 is 0 Å². The van der Waals surface area contributed by atoms with Gasteiger partial charge < -0.3 is 5.32 Å². The first-order valence-electron chi connectivity index (χ1n) is 6.03. The Hall–Kier alpha value is -1.69. The molecule has 0 aliphatic heterocycles. The van der Waals surface area contributed by atoms with Gasteiger partial charge in [0.1, 0.15) is 0 Å². The Morgan fingerprint density at radius 2 is 1.90 bits per heavy atom. The standard InChI is InChI=1S/C14H12Cl2N4S/c1-9(10-4-6-17-7-5-10)19-20-14(21)18-13-3-2-11(15)8-12(13)16/h2-8H,1H3,(H2,18,20,21)/b19-9-. The second kappa shape index (κ2) is 7.36. The fourth-order valence-corrected chi connectivity index (χ4v) is 2.14. The van der Waals surface area contributed by atoms with Gasteiger partial charge in [0.15, 0.2) is 5.11 Å². The highest BCUT2D eigenvalue weighted by Gasteiger charge is 2.03. The van der Waals surface area contributed by atoms with Crippen LogP contribution in [0.2, 0.25) is 10.0 Å². The molecular formula is C14H12Cl2N4S. The van der Waals surface area contributed by atoms with E-state index in [-0.39, 0.29) is 0 Å². The Morgan fingerprint density at radius 3 is 2.57 bits per heavy atom. The van der Waals surface area contributed by atoms with Crippen molar-refractivity contribution in [1.82, 2.24) is 10.4 Å². The molecule has 0 spiro atoms. The lowest BCUT2D eigenvalue weighted by Gasteiger charge is -2.09. The lowest BCUT2D eigenvalue weighted by atomic mass is 10.2. The second-order valence-electron chi connectivity index (χ2n) is 4.12. The number of rotatable bonds is 3. The Bertz CT molecular complexity index is 674. The Labute approximate surface area is 138 Å². The minimum absolute atomic E-state index is 0.340. The molecule has 2 aromatic rings. The Kier molecular flexibility index (Phi) is 5.50. The van der Waals surface area contributed by atoms with Crippen molar-refractivity contribution in [1.29, 1.82) is 0 Å². The maximum absolute atomic E-state index is 6.06. The zero-order chi connectivity index (χ0) is 15.2. The summed E-state index contributed by atoms with van der Waals surface area (Å²) in [5, 5.41) is 8.55. The van der Waals surface area contributed by atoms with E-state index in [0.29, 0.717) is 20.8 Å². The molecule has 2 N–H and O–H groups in total. The molecule has 0 saturated heterocycles. The molecule has 0 fully saturated rings. The van der Waals surface area contributed by atoms with E-state index in [1.54, 1.807) is 30.6 Å². The number of halogens is 2. The summed E-state index contributed by atoms with van der Waals surface area (Å²) >= 11 is 17.1. The number of pyridine rings is 1. The number of hydrazone groups is 1. The van der Waals surface area contributed by atoms with E-state index in [2.05, 4.69) is 20.8 Å². The molecule has 2 rings (SSSR count). The second-order valence-corrected chi connectivity index (χ2v) is 5.38. The fourth-order valence-electron chi connectivity index (χ4n) is 1.53. The molecular weight excluding hydrogens is 327 g/mol.